The van der Waals surface area contributed by atoms with Crippen LogP contribution in [0.2, 0.25) is 0 Å². The Hall–Kier alpha value is -4.32. The first-order valence-electron chi connectivity index (χ1n) is 11.7. The average Bonchev–Trinajstić information content (AvgIpc) is 3.45. The number of ketones is 1. The maximum absolute atomic E-state index is 14.0. The molecular weight excluding hydrogens is 538 g/mol. The van der Waals surface area contributed by atoms with Gasteiger partial charge in [0.15, 0.2) is 5.76 Å². The Balaban J connectivity index is 1.64. The number of carbonyl (C=O) groups excluding carboxylic acids is 2. The number of aliphatic hydroxyl groups is 1. The van der Waals surface area contributed by atoms with Crippen LogP contribution >= 0.6 is 11.3 Å². The molecular formula is C28H23N3O6S2. The van der Waals surface area contributed by atoms with Gasteiger partial charge in [-0.2, -0.15) is 0 Å². The van der Waals surface area contributed by atoms with Crippen LogP contribution < -0.4 is 14.8 Å². The number of nitrogens with two attached hydrogens (primary N) is 1. The van der Waals surface area contributed by atoms with E-state index in [0.717, 1.165) is 5.56 Å². The second-order valence-corrected chi connectivity index (χ2v) is 11.3. The topological polar surface area (TPSA) is 140 Å². The summed E-state index contributed by atoms with van der Waals surface area (Å²) >= 11 is 1.18. The molecule has 3 aromatic carbocycles. The highest BCUT2D eigenvalue weighted by Gasteiger charge is 2.45. The van der Waals surface area contributed by atoms with Crippen LogP contribution in [0.25, 0.3) is 10.6 Å². The molecule has 0 bridgehead atoms. The van der Waals surface area contributed by atoms with Gasteiger partial charge in [0.2, 0.25) is 15.8 Å². The Kier molecular flexibility index (Phi) is 6.81. The first-order valence-corrected chi connectivity index (χ1v) is 14.1. The number of carbonyl (C=O) groups is 2. The van der Waals surface area contributed by atoms with E-state index in [1.54, 1.807) is 31.2 Å². The van der Waals surface area contributed by atoms with Crippen molar-refractivity contribution < 1.29 is 27.9 Å². The lowest BCUT2D eigenvalue weighted by atomic mass is 9.94. The summed E-state index contributed by atoms with van der Waals surface area (Å²) in [6, 6.07) is 20.5. The summed E-state index contributed by atoms with van der Waals surface area (Å²) in [4.78, 5) is 33.4. The number of hydrogen-bond donors (Lipinski definition) is 2. The van der Waals surface area contributed by atoms with Crippen molar-refractivity contribution in [1.29, 1.82) is 0 Å². The molecule has 0 radical (unpaired) electrons. The standard InChI is InChI=1S/C28H23N3O6S2/c1-16-26(38-27(30-16)17-7-4-3-5-8-17)24(32)22-23(18-9-6-10-20(15-18)37-2)31(28(34)25(22)33)19-11-13-21(14-12-19)39(29,35)36/h3-15,23,33H,1-2H3,(H2,29,35,36). The summed E-state index contributed by atoms with van der Waals surface area (Å²) in [5.41, 5.74) is 1.97. The van der Waals surface area contributed by atoms with Crippen molar-refractivity contribution in [2.24, 2.45) is 5.14 Å². The highest BCUT2D eigenvalue weighted by atomic mass is 32.2. The SMILES string of the molecule is COc1cccc(C2C(C(=O)c3sc(-c4ccccc4)nc3C)=C(O)C(=O)N2c2ccc(S(N)(=O)=O)cc2)c1. The van der Waals surface area contributed by atoms with E-state index in [2.05, 4.69) is 4.98 Å². The van der Waals surface area contributed by atoms with E-state index < -0.39 is 33.5 Å². The smallest absolute Gasteiger partial charge is 0.294 e. The van der Waals surface area contributed by atoms with Gasteiger partial charge in [-0.15, -0.1) is 11.3 Å². The molecule has 0 spiro atoms. The van der Waals surface area contributed by atoms with Crippen molar-refractivity contribution in [2.45, 2.75) is 17.9 Å². The van der Waals surface area contributed by atoms with Gasteiger partial charge in [0.25, 0.3) is 5.91 Å². The van der Waals surface area contributed by atoms with Crippen LogP contribution in [0.4, 0.5) is 5.69 Å². The summed E-state index contributed by atoms with van der Waals surface area (Å²) in [7, 11) is -2.47. The summed E-state index contributed by atoms with van der Waals surface area (Å²) in [5, 5.41) is 16.9. The van der Waals surface area contributed by atoms with E-state index in [0.29, 0.717) is 26.9 Å². The van der Waals surface area contributed by atoms with Crippen molar-refractivity contribution in [3.8, 4) is 16.3 Å². The number of ether oxygens (including phenoxy) is 1. The molecule has 198 valence electrons. The van der Waals surface area contributed by atoms with Gasteiger partial charge in [-0.3, -0.25) is 14.5 Å². The molecule has 0 fully saturated rings. The number of sulfonamides is 1. The van der Waals surface area contributed by atoms with Gasteiger partial charge >= 0.3 is 0 Å². The Morgan fingerprint density at radius 2 is 1.74 bits per heavy atom. The molecule has 3 N–H and O–H groups in total. The number of methoxy groups -OCH3 is 1. The van der Waals surface area contributed by atoms with Crippen LogP contribution in [0.15, 0.2) is 95.1 Å². The average molecular weight is 562 g/mol. The molecule has 4 aromatic rings. The van der Waals surface area contributed by atoms with Gasteiger partial charge in [0.1, 0.15) is 10.8 Å². The van der Waals surface area contributed by atoms with Gasteiger partial charge in [-0.25, -0.2) is 18.5 Å². The summed E-state index contributed by atoms with van der Waals surface area (Å²) in [6.07, 6.45) is 0. The number of aromatic nitrogens is 1. The van der Waals surface area contributed by atoms with Crippen molar-refractivity contribution in [3.05, 3.63) is 106 Å². The monoisotopic (exact) mass is 561 g/mol. The summed E-state index contributed by atoms with van der Waals surface area (Å²) in [5.74, 6) is -1.55. The van der Waals surface area contributed by atoms with Gasteiger partial charge in [0.05, 0.1) is 34.2 Å². The number of hydrogen-bond acceptors (Lipinski definition) is 8. The summed E-state index contributed by atoms with van der Waals surface area (Å²) < 4.78 is 28.9. The number of benzene rings is 3. The van der Waals surface area contributed by atoms with E-state index >= 15 is 0 Å². The highest BCUT2D eigenvalue weighted by molar-refractivity contribution is 7.89. The van der Waals surface area contributed by atoms with Crippen LogP contribution in [0.1, 0.15) is 27.0 Å². The van der Waals surface area contributed by atoms with E-state index in [9.17, 15) is 23.1 Å². The number of amides is 1. The van der Waals surface area contributed by atoms with Crippen LogP contribution in [0.3, 0.4) is 0 Å². The Bertz CT molecular complexity index is 1730. The molecule has 2 heterocycles. The van der Waals surface area contributed by atoms with Gasteiger partial charge in [-0.05, 0) is 48.9 Å². The predicted molar refractivity (Wildman–Crippen MR) is 147 cm³/mol. The van der Waals surface area contributed by atoms with Gasteiger partial charge < -0.3 is 9.84 Å². The molecule has 1 aliphatic heterocycles. The number of aliphatic hydroxyl groups excluding tert-OH is 1. The van der Waals surface area contributed by atoms with E-state index in [4.69, 9.17) is 9.88 Å². The third-order valence-electron chi connectivity index (χ3n) is 6.33. The largest absolute Gasteiger partial charge is 0.503 e. The molecule has 9 nitrogen and oxygen atoms in total. The first-order chi connectivity index (χ1) is 18.6. The second-order valence-electron chi connectivity index (χ2n) is 8.78. The van der Waals surface area contributed by atoms with Crippen LogP contribution in [-0.4, -0.2) is 37.3 Å². The minimum absolute atomic E-state index is 0.116. The van der Waals surface area contributed by atoms with Crippen molar-refractivity contribution in [1.82, 2.24) is 4.98 Å². The van der Waals surface area contributed by atoms with Crippen LogP contribution in [0, 0.1) is 6.92 Å². The zero-order chi connectivity index (χ0) is 27.9. The zero-order valence-electron chi connectivity index (χ0n) is 20.9. The molecule has 39 heavy (non-hydrogen) atoms. The van der Waals surface area contributed by atoms with Gasteiger partial charge in [-0.1, -0.05) is 42.5 Å². The number of rotatable bonds is 7. The molecule has 1 aromatic heterocycles. The predicted octanol–water partition coefficient (Wildman–Crippen LogP) is 4.56. The first kappa shape index (κ1) is 26.3. The lowest BCUT2D eigenvalue weighted by Crippen LogP contribution is -2.31. The lowest BCUT2D eigenvalue weighted by molar-refractivity contribution is -0.117. The lowest BCUT2D eigenvalue weighted by Gasteiger charge is -2.27. The molecule has 1 atom stereocenters. The Morgan fingerprint density at radius 3 is 2.38 bits per heavy atom. The molecule has 11 heteroatoms. The molecule has 0 saturated carbocycles. The van der Waals surface area contributed by atoms with Crippen LogP contribution in [0.5, 0.6) is 5.75 Å². The van der Waals surface area contributed by atoms with Crippen molar-refractivity contribution >= 4 is 38.7 Å². The molecule has 1 unspecified atom stereocenters. The number of nitrogens with zero attached hydrogens (tertiary/aromatic N) is 2. The van der Waals surface area contributed by atoms with E-state index in [-0.39, 0.29) is 16.2 Å². The van der Waals surface area contributed by atoms with E-state index in [1.807, 2.05) is 30.3 Å². The Morgan fingerprint density at radius 1 is 1.05 bits per heavy atom. The quantitative estimate of drug-likeness (QED) is 0.315. The maximum Gasteiger partial charge on any atom is 0.294 e. The fourth-order valence-corrected chi connectivity index (χ4v) is 6.00. The molecule has 0 saturated heterocycles. The Labute approximate surface area is 228 Å². The highest BCUT2D eigenvalue weighted by Crippen LogP contribution is 2.44. The fraction of sp³-hybridized carbons (Fsp3) is 0.107. The van der Waals surface area contributed by atoms with Crippen molar-refractivity contribution in [3.63, 3.8) is 0 Å². The fourth-order valence-electron chi connectivity index (χ4n) is 4.46. The number of aryl methyl sites for hydroxylation is 1. The normalized spacial score (nSPS) is 15.6. The number of primary sulfonamides is 1. The van der Waals surface area contributed by atoms with Gasteiger partial charge in [0, 0.05) is 11.3 Å². The number of anilines is 1. The third kappa shape index (κ3) is 4.83. The van der Waals surface area contributed by atoms with E-state index in [1.165, 1.54) is 47.6 Å². The third-order valence-corrected chi connectivity index (χ3v) is 8.46. The number of Topliss-reactive ketones (excluding diaryl/α,β-unsaturated/α-hetero) is 1. The molecule has 1 aliphatic rings. The maximum atomic E-state index is 14.0. The minimum Gasteiger partial charge on any atom is -0.503 e. The molecule has 5 rings (SSSR count). The number of thiazole rings is 1. The minimum atomic E-state index is -3.97. The second kappa shape index (κ2) is 10.1. The zero-order valence-corrected chi connectivity index (χ0v) is 22.5. The summed E-state index contributed by atoms with van der Waals surface area (Å²) in [6.45, 7) is 1.70. The molecule has 0 aliphatic carbocycles. The van der Waals surface area contributed by atoms with Crippen LogP contribution in [-0.2, 0) is 14.8 Å². The van der Waals surface area contributed by atoms with Crippen molar-refractivity contribution in [2.75, 3.05) is 12.0 Å². The molecule has 1 amide bonds.